The lowest BCUT2D eigenvalue weighted by molar-refractivity contribution is 0.275. The molecule has 1 saturated heterocycles. The lowest BCUT2D eigenvalue weighted by atomic mass is 9.91. The highest BCUT2D eigenvalue weighted by atomic mass is 32.2. The summed E-state index contributed by atoms with van der Waals surface area (Å²) in [7, 11) is 0. The average molecular weight is 369 g/mol. The minimum Gasteiger partial charge on any atom is -0.244 e. The number of fused-ring (bicyclic) bond motifs is 1. The summed E-state index contributed by atoms with van der Waals surface area (Å²) < 4.78 is 4.98. The second kappa shape index (κ2) is 8.35. The molecule has 25 heavy (non-hydrogen) atoms. The van der Waals surface area contributed by atoms with Gasteiger partial charge in [-0.2, -0.15) is 0 Å². The third-order valence-corrected chi connectivity index (χ3v) is 7.15. The third kappa shape index (κ3) is 4.63. The van der Waals surface area contributed by atoms with Crippen LogP contribution in [0.25, 0.3) is 10.2 Å². The summed E-state index contributed by atoms with van der Waals surface area (Å²) in [4.78, 5) is 4.75. The number of para-hydroxylation sites is 1. The van der Waals surface area contributed by atoms with Gasteiger partial charge in [0.1, 0.15) is 0 Å². The number of hydrogen-bond donors (Lipinski definition) is 0. The van der Waals surface area contributed by atoms with E-state index < -0.39 is 0 Å². The van der Waals surface area contributed by atoms with Crippen molar-refractivity contribution in [3.8, 4) is 0 Å². The maximum atomic E-state index is 4.75. The van der Waals surface area contributed by atoms with E-state index in [0.29, 0.717) is 0 Å². The molecule has 0 spiro atoms. The number of piperidine rings is 1. The summed E-state index contributed by atoms with van der Waals surface area (Å²) in [6, 6.07) is 19.3. The Kier molecular flexibility index (Phi) is 5.70. The van der Waals surface area contributed by atoms with Crippen molar-refractivity contribution < 1.29 is 0 Å². The van der Waals surface area contributed by atoms with Gasteiger partial charge in [0.15, 0.2) is 4.34 Å². The van der Waals surface area contributed by atoms with Crippen molar-refractivity contribution in [2.75, 3.05) is 13.1 Å². The fourth-order valence-corrected chi connectivity index (χ4v) is 5.71. The molecule has 0 radical (unpaired) electrons. The van der Waals surface area contributed by atoms with E-state index in [0.717, 1.165) is 11.4 Å². The second-order valence-electron chi connectivity index (χ2n) is 6.79. The zero-order chi connectivity index (χ0) is 16.9. The minimum atomic E-state index is 0.899. The molecule has 1 aliphatic heterocycles. The molecule has 1 fully saturated rings. The van der Waals surface area contributed by atoms with Gasteiger partial charge in [0.2, 0.25) is 0 Å². The molecule has 4 rings (SSSR count). The van der Waals surface area contributed by atoms with Gasteiger partial charge in [-0.25, -0.2) is 9.29 Å². The molecule has 2 aromatic carbocycles. The van der Waals surface area contributed by atoms with Crippen LogP contribution in [0, 0.1) is 5.92 Å². The van der Waals surface area contributed by atoms with Crippen LogP contribution in [-0.2, 0) is 6.42 Å². The first-order valence-electron chi connectivity index (χ1n) is 9.19. The highest BCUT2D eigenvalue weighted by molar-refractivity contribution is 7.98. The topological polar surface area (TPSA) is 16.1 Å². The average Bonchev–Trinajstić information content (AvgIpc) is 3.06. The van der Waals surface area contributed by atoms with Crippen LogP contribution in [-0.4, -0.2) is 22.4 Å². The summed E-state index contributed by atoms with van der Waals surface area (Å²) in [6.45, 7) is 2.38. The van der Waals surface area contributed by atoms with Crippen LogP contribution in [0.4, 0.5) is 0 Å². The highest BCUT2D eigenvalue weighted by Gasteiger charge is 2.20. The summed E-state index contributed by atoms with van der Waals surface area (Å²) in [6.07, 6.45) is 6.56. The van der Waals surface area contributed by atoms with E-state index in [4.69, 9.17) is 4.98 Å². The van der Waals surface area contributed by atoms with Gasteiger partial charge in [-0.05, 0) is 61.2 Å². The first kappa shape index (κ1) is 17.1. The van der Waals surface area contributed by atoms with E-state index in [2.05, 4.69) is 58.9 Å². The summed E-state index contributed by atoms with van der Waals surface area (Å²) in [5.41, 5.74) is 2.61. The van der Waals surface area contributed by atoms with Crippen molar-refractivity contribution in [3.63, 3.8) is 0 Å². The van der Waals surface area contributed by atoms with Gasteiger partial charge in [0, 0.05) is 13.1 Å². The number of thiazole rings is 1. The van der Waals surface area contributed by atoms with Gasteiger partial charge in [0.25, 0.3) is 0 Å². The van der Waals surface area contributed by atoms with E-state index in [1.54, 1.807) is 0 Å². The third-order valence-electron chi connectivity index (χ3n) is 4.98. The predicted molar refractivity (Wildman–Crippen MR) is 109 cm³/mol. The molecule has 0 unspecified atom stereocenters. The normalized spacial score (nSPS) is 16.5. The smallest absolute Gasteiger partial charge is 0.166 e. The van der Waals surface area contributed by atoms with E-state index in [1.807, 2.05) is 23.3 Å². The fourth-order valence-electron chi connectivity index (χ4n) is 3.53. The molecule has 3 aromatic rings. The lowest BCUT2D eigenvalue weighted by Crippen LogP contribution is -2.28. The van der Waals surface area contributed by atoms with Crippen LogP contribution in [0.15, 0.2) is 58.9 Å². The largest absolute Gasteiger partial charge is 0.244 e. The molecule has 0 bridgehead atoms. The molecule has 0 N–H and O–H groups in total. The maximum absolute atomic E-state index is 4.75. The van der Waals surface area contributed by atoms with E-state index >= 15 is 0 Å². The molecule has 2 nitrogen and oxygen atoms in total. The van der Waals surface area contributed by atoms with Crippen molar-refractivity contribution in [2.24, 2.45) is 5.92 Å². The van der Waals surface area contributed by atoms with Gasteiger partial charge in [-0.3, -0.25) is 0 Å². The van der Waals surface area contributed by atoms with Crippen molar-refractivity contribution in [1.82, 2.24) is 9.29 Å². The van der Waals surface area contributed by atoms with Crippen LogP contribution in [0.5, 0.6) is 0 Å². The van der Waals surface area contributed by atoms with Gasteiger partial charge < -0.3 is 0 Å². The fraction of sp³-hybridized carbons (Fsp3) is 0.381. The standard InChI is InChI=1S/C21H24N2S2/c1-2-7-17(8-3-1)9-6-10-18-13-15-23(16-14-18)25-21-22-19-11-4-5-12-20(19)24-21/h1-5,7-8,11-12,18H,6,9-10,13-16H2. The van der Waals surface area contributed by atoms with Gasteiger partial charge >= 0.3 is 0 Å². The Balaban J connectivity index is 1.21. The first-order chi connectivity index (χ1) is 12.4. The first-order valence-corrected chi connectivity index (χ1v) is 10.8. The molecule has 1 aromatic heterocycles. The van der Waals surface area contributed by atoms with E-state index in [-0.39, 0.29) is 0 Å². The summed E-state index contributed by atoms with van der Waals surface area (Å²) in [5.74, 6) is 0.899. The Hall–Kier alpha value is -1.36. The Labute approximate surface area is 158 Å². The molecular formula is C21H24N2S2. The zero-order valence-corrected chi connectivity index (χ0v) is 16.1. The molecule has 0 amide bonds. The Morgan fingerprint density at radius 2 is 1.76 bits per heavy atom. The van der Waals surface area contributed by atoms with Crippen molar-refractivity contribution in [1.29, 1.82) is 0 Å². The van der Waals surface area contributed by atoms with Crippen LogP contribution in [0.3, 0.4) is 0 Å². The number of rotatable bonds is 6. The molecule has 0 aliphatic carbocycles. The van der Waals surface area contributed by atoms with Crippen molar-refractivity contribution in [3.05, 3.63) is 60.2 Å². The monoisotopic (exact) mass is 368 g/mol. The zero-order valence-electron chi connectivity index (χ0n) is 14.4. The Morgan fingerprint density at radius 1 is 1.00 bits per heavy atom. The number of benzene rings is 2. The maximum Gasteiger partial charge on any atom is 0.166 e. The molecule has 130 valence electrons. The number of aryl methyl sites for hydroxylation is 1. The van der Waals surface area contributed by atoms with E-state index in [9.17, 15) is 0 Å². The van der Waals surface area contributed by atoms with Gasteiger partial charge in [-0.15, -0.1) is 11.3 Å². The van der Waals surface area contributed by atoms with Crippen LogP contribution in [0.1, 0.15) is 31.2 Å². The molecule has 0 saturated carbocycles. The molecule has 4 heteroatoms. The number of hydrogen-bond acceptors (Lipinski definition) is 4. The summed E-state index contributed by atoms with van der Waals surface area (Å²) in [5, 5.41) is 0. The second-order valence-corrected chi connectivity index (χ2v) is 9.16. The molecule has 0 atom stereocenters. The quantitative estimate of drug-likeness (QED) is 0.494. The number of aromatic nitrogens is 1. The highest BCUT2D eigenvalue weighted by Crippen LogP contribution is 2.34. The summed E-state index contributed by atoms with van der Waals surface area (Å²) >= 11 is 3.67. The molecule has 1 aliphatic rings. The Bertz CT molecular complexity index is 759. The lowest BCUT2D eigenvalue weighted by Gasteiger charge is -2.30. The minimum absolute atomic E-state index is 0.899. The van der Waals surface area contributed by atoms with Crippen LogP contribution >= 0.6 is 23.3 Å². The van der Waals surface area contributed by atoms with E-state index in [1.165, 1.54) is 59.8 Å². The van der Waals surface area contributed by atoms with Crippen LogP contribution < -0.4 is 0 Å². The van der Waals surface area contributed by atoms with Crippen LogP contribution in [0.2, 0.25) is 0 Å². The Morgan fingerprint density at radius 3 is 2.56 bits per heavy atom. The molecule has 2 heterocycles. The SMILES string of the molecule is c1ccc(CCCC2CCN(Sc3nc4ccccc4s3)CC2)cc1. The molecular weight excluding hydrogens is 344 g/mol. The predicted octanol–water partition coefficient (Wildman–Crippen LogP) is 6.04. The van der Waals surface area contributed by atoms with Crippen molar-refractivity contribution in [2.45, 2.75) is 36.4 Å². The van der Waals surface area contributed by atoms with Gasteiger partial charge in [0.05, 0.1) is 10.2 Å². The number of nitrogens with zero attached hydrogens (tertiary/aromatic N) is 2. The van der Waals surface area contributed by atoms with Gasteiger partial charge in [-0.1, -0.05) is 48.9 Å². The van der Waals surface area contributed by atoms with Crippen molar-refractivity contribution >= 4 is 33.5 Å².